The standard InChI is InChI=1S/C12H10N2O2S/c1-8-13-6-11-12(14-8)10-5-3-2-4-9(10)7-17(11,15)16/h2-6H,7H2,1H3. The van der Waals surface area contributed by atoms with Crippen LogP contribution >= 0.6 is 0 Å². The number of rotatable bonds is 0. The topological polar surface area (TPSA) is 59.9 Å². The molecule has 86 valence electrons. The third kappa shape index (κ3) is 1.54. The molecule has 2 aromatic rings. The summed E-state index contributed by atoms with van der Waals surface area (Å²) in [6, 6.07) is 7.45. The molecule has 1 aliphatic rings. The number of hydrogen-bond acceptors (Lipinski definition) is 4. The van der Waals surface area contributed by atoms with Gasteiger partial charge in [-0.05, 0) is 12.5 Å². The van der Waals surface area contributed by atoms with Crippen molar-refractivity contribution >= 4 is 9.84 Å². The molecule has 17 heavy (non-hydrogen) atoms. The predicted octanol–water partition coefficient (Wildman–Crippen LogP) is 1.74. The summed E-state index contributed by atoms with van der Waals surface area (Å²) in [7, 11) is -3.30. The van der Waals surface area contributed by atoms with Gasteiger partial charge in [-0.3, -0.25) is 0 Å². The van der Waals surface area contributed by atoms with Gasteiger partial charge in [-0.25, -0.2) is 18.4 Å². The van der Waals surface area contributed by atoms with Crippen LogP contribution in [0.25, 0.3) is 11.3 Å². The van der Waals surface area contributed by atoms with E-state index in [2.05, 4.69) is 9.97 Å². The van der Waals surface area contributed by atoms with Gasteiger partial charge in [0.1, 0.15) is 10.7 Å². The molecule has 1 aromatic carbocycles. The monoisotopic (exact) mass is 246 g/mol. The number of benzene rings is 1. The van der Waals surface area contributed by atoms with Crippen LogP contribution in [0.1, 0.15) is 11.4 Å². The first-order valence-electron chi connectivity index (χ1n) is 5.22. The molecule has 1 aromatic heterocycles. The minimum absolute atomic E-state index is 0.0304. The molecular weight excluding hydrogens is 236 g/mol. The van der Waals surface area contributed by atoms with Crippen LogP contribution in [0.3, 0.4) is 0 Å². The number of nitrogens with zero attached hydrogens (tertiary/aromatic N) is 2. The Morgan fingerprint density at radius 3 is 2.82 bits per heavy atom. The Morgan fingerprint density at radius 1 is 1.24 bits per heavy atom. The number of hydrogen-bond donors (Lipinski definition) is 0. The summed E-state index contributed by atoms with van der Waals surface area (Å²) >= 11 is 0. The zero-order valence-corrected chi connectivity index (χ0v) is 10.0. The molecule has 0 spiro atoms. The van der Waals surface area contributed by atoms with E-state index in [-0.39, 0.29) is 10.6 Å². The van der Waals surface area contributed by atoms with Crippen molar-refractivity contribution in [1.82, 2.24) is 9.97 Å². The van der Waals surface area contributed by atoms with Crippen molar-refractivity contribution in [3.63, 3.8) is 0 Å². The van der Waals surface area contributed by atoms with E-state index in [9.17, 15) is 8.42 Å². The van der Waals surface area contributed by atoms with Crippen molar-refractivity contribution in [2.75, 3.05) is 0 Å². The number of aryl methyl sites for hydroxylation is 1. The zero-order valence-electron chi connectivity index (χ0n) is 9.21. The van der Waals surface area contributed by atoms with Crippen molar-refractivity contribution in [2.24, 2.45) is 0 Å². The summed E-state index contributed by atoms with van der Waals surface area (Å²) in [4.78, 5) is 8.47. The van der Waals surface area contributed by atoms with Crippen LogP contribution in [0.15, 0.2) is 35.4 Å². The van der Waals surface area contributed by atoms with Crippen molar-refractivity contribution in [3.8, 4) is 11.3 Å². The first-order chi connectivity index (χ1) is 8.08. The van der Waals surface area contributed by atoms with Gasteiger partial charge in [-0.2, -0.15) is 0 Å². The number of sulfone groups is 1. The van der Waals surface area contributed by atoms with Gasteiger partial charge in [0.05, 0.1) is 11.4 Å². The molecule has 4 nitrogen and oxygen atoms in total. The van der Waals surface area contributed by atoms with E-state index < -0.39 is 9.84 Å². The molecule has 0 unspecified atom stereocenters. The molecule has 1 aliphatic heterocycles. The molecule has 2 heterocycles. The Kier molecular flexibility index (Phi) is 2.06. The van der Waals surface area contributed by atoms with Gasteiger partial charge in [0, 0.05) is 11.8 Å². The highest BCUT2D eigenvalue weighted by Gasteiger charge is 2.29. The van der Waals surface area contributed by atoms with Crippen molar-refractivity contribution in [3.05, 3.63) is 41.9 Å². The van der Waals surface area contributed by atoms with Crippen molar-refractivity contribution in [1.29, 1.82) is 0 Å². The van der Waals surface area contributed by atoms with E-state index in [1.807, 2.05) is 24.3 Å². The Morgan fingerprint density at radius 2 is 2.00 bits per heavy atom. The number of fused-ring (bicyclic) bond motifs is 3. The third-order valence-electron chi connectivity index (χ3n) is 2.83. The molecule has 0 aliphatic carbocycles. The second kappa shape index (κ2) is 3.37. The van der Waals surface area contributed by atoms with Gasteiger partial charge in [0.15, 0.2) is 9.84 Å². The lowest BCUT2D eigenvalue weighted by Crippen LogP contribution is -2.15. The molecule has 0 amide bonds. The highest BCUT2D eigenvalue weighted by atomic mass is 32.2. The quantitative estimate of drug-likeness (QED) is 0.710. The average Bonchev–Trinajstić information content (AvgIpc) is 2.28. The summed E-state index contributed by atoms with van der Waals surface area (Å²) in [5.74, 6) is 0.610. The lowest BCUT2D eigenvalue weighted by atomic mass is 10.1. The molecule has 3 rings (SSSR count). The second-order valence-corrected chi connectivity index (χ2v) is 6.00. The summed E-state index contributed by atoms with van der Waals surface area (Å²) in [6.07, 6.45) is 1.41. The van der Waals surface area contributed by atoms with E-state index in [4.69, 9.17) is 0 Å². The summed E-state index contributed by atoms with van der Waals surface area (Å²) in [5, 5.41) is 0. The Labute approximate surface area is 99.3 Å². The first-order valence-corrected chi connectivity index (χ1v) is 6.88. The molecule has 0 atom stereocenters. The Balaban J connectivity index is 2.42. The lowest BCUT2D eigenvalue weighted by Gasteiger charge is -2.18. The zero-order chi connectivity index (χ0) is 12.0. The van der Waals surface area contributed by atoms with Crippen molar-refractivity contribution < 1.29 is 8.42 Å². The average molecular weight is 246 g/mol. The smallest absolute Gasteiger partial charge is 0.186 e. The highest BCUT2D eigenvalue weighted by Crippen LogP contribution is 2.35. The van der Waals surface area contributed by atoms with Crippen LogP contribution in [-0.2, 0) is 15.6 Å². The first kappa shape index (κ1) is 10.4. The molecular formula is C12H10N2O2S. The summed E-state index contributed by atoms with van der Waals surface area (Å²) in [5.41, 5.74) is 2.22. The van der Waals surface area contributed by atoms with E-state index in [1.165, 1.54) is 6.20 Å². The van der Waals surface area contributed by atoms with E-state index in [1.54, 1.807) is 6.92 Å². The minimum atomic E-state index is -3.30. The van der Waals surface area contributed by atoms with Crippen LogP contribution in [0.4, 0.5) is 0 Å². The van der Waals surface area contributed by atoms with Gasteiger partial charge in [-0.15, -0.1) is 0 Å². The molecule has 0 fully saturated rings. The fraction of sp³-hybridized carbons (Fsp3) is 0.167. The largest absolute Gasteiger partial charge is 0.240 e. The maximum Gasteiger partial charge on any atom is 0.186 e. The minimum Gasteiger partial charge on any atom is -0.240 e. The van der Waals surface area contributed by atoms with E-state index >= 15 is 0 Å². The van der Waals surface area contributed by atoms with Gasteiger partial charge < -0.3 is 0 Å². The van der Waals surface area contributed by atoms with Crippen LogP contribution in [0.5, 0.6) is 0 Å². The molecule has 0 N–H and O–H groups in total. The van der Waals surface area contributed by atoms with Gasteiger partial charge in [-0.1, -0.05) is 24.3 Å². The highest BCUT2D eigenvalue weighted by molar-refractivity contribution is 7.90. The SMILES string of the molecule is Cc1ncc2c(n1)-c1ccccc1CS2(=O)=O. The van der Waals surface area contributed by atoms with E-state index in [0.29, 0.717) is 11.5 Å². The Hall–Kier alpha value is -1.75. The summed E-state index contributed by atoms with van der Waals surface area (Å²) < 4.78 is 24.1. The normalized spacial score (nSPS) is 16.1. The van der Waals surface area contributed by atoms with Gasteiger partial charge in [0.25, 0.3) is 0 Å². The third-order valence-corrected chi connectivity index (χ3v) is 4.49. The molecule has 0 saturated carbocycles. The molecule has 0 saturated heterocycles. The van der Waals surface area contributed by atoms with E-state index in [0.717, 1.165) is 11.1 Å². The maximum absolute atomic E-state index is 12.1. The van der Waals surface area contributed by atoms with Crippen LogP contribution in [0, 0.1) is 6.92 Å². The second-order valence-electron chi connectivity index (χ2n) is 4.05. The van der Waals surface area contributed by atoms with Gasteiger partial charge in [0.2, 0.25) is 0 Å². The fourth-order valence-electron chi connectivity index (χ4n) is 2.04. The van der Waals surface area contributed by atoms with Crippen LogP contribution < -0.4 is 0 Å². The fourth-order valence-corrected chi connectivity index (χ4v) is 3.52. The predicted molar refractivity (Wildman–Crippen MR) is 63.1 cm³/mol. The molecule has 0 radical (unpaired) electrons. The molecule has 0 bridgehead atoms. The van der Waals surface area contributed by atoms with Gasteiger partial charge >= 0.3 is 0 Å². The van der Waals surface area contributed by atoms with Crippen molar-refractivity contribution in [2.45, 2.75) is 17.6 Å². The molecule has 5 heteroatoms. The van der Waals surface area contributed by atoms with Crippen LogP contribution in [0.2, 0.25) is 0 Å². The van der Waals surface area contributed by atoms with Crippen LogP contribution in [-0.4, -0.2) is 18.4 Å². The lowest BCUT2D eigenvalue weighted by molar-refractivity contribution is 0.593. The Bertz CT molecular complexity index is 708. The number of aromatic nitrogens is 2. The maximum atomic E-state index is 12.1. The summed E-state index contributed by atoms with van der Waals surface area (Å²) in [6.45, 7) is 1.75.